The maximum Gasteiger partial charge on any atom is 0.338 e. The average molecular weight is 578 g/mol. The fourth-order valence-electron chi connectivity index (χ4n) is 4.01. The zero-order valence-corrected chi connectivity index (χ0v) is 23.3. The smallest absolute Gasteiger partial charge is 0.338 e. The van der Waals surface area contributed by atoms with Gasteiger partial charge in [0, 0.05) is 18.7 Å². The third-order valence-electron chi connectivity index (χ3n) is 6.12. The standard InChI is InChI=1S/C30H28FN3O6S/c1-3-40-29(38)21-8-14-24(15-9-21)33-30-34(17-16-19-4-10-22(31)11-5-19)27(36)25(41-30)18-26(35)32-23-12-6-20(7-13-23)28(37)39-2/h4-15,25H,3,16-18H2,1-2H3,(H,32,35)/t25-/m1/s1. The van der Waals surface area contributed by atoms with Gasteiger partial charge in [-0.25, -0.2) is 19.0 Å². The molecule has 1 aliphatic heterocycles. The van der Waals surface area contributed by atoms with Gasteiger partial charge in [0.2, 0.25) is 11.8 Å². The van der Waals surface area contributed by atoms with Gasteiger partial charge in [-0.2, -0.15) is 0 Å². The minimum absolute atomic E-state index is 0.101. The number of carbonyl (C=O) groups is 4. The molecule has 2 amide bonds. The molecule has 0 bridgehead atoms. The average Bonchev–Trinajstić information content (AvgIpc) is 3.26. The molecule has 3 aromatic carbocycles. The molecule has 4 rings (SSSR count). The molecule has 11 heteroatoms. The Balaban J connectivity index is 1.49. The number of aliphatic imine (C=N–C) groups is 1. The Hall–Kier alpha value is -4.51. The lowest BCUT2D eigenvalue weighted by molar-refractivity contribution is -0.128. The van der Waals surface area contributed by atoms with Crippen LogP contribution in [0.4, 0.5) is 15.8 Å². The van der Waals surface area contributed by atoms with Gasteiger partial charge in [0.25, 0.3) is 0 Å². The number of ether oxygens (including phenoxy) is 2. The fourth-order valence-corrected chi connectivity index (χ4v) is 5.19. The first kappa shape index (κ1) is 29.5. The molecule has 1 saturated heterocycles. The topological polar surface area (TPSA) is 114 Å². The van der Waals surface area contributed by atoms with E-state index in [0.29, 0.717) is 34.1 Å². The highest BCUT2D eigenvalue weighted by Gasteiger charge is 2.39. The molecule has 212 valence electrons. The maximum absolute atomic E-state index is 13.4. The Morgan fingerprint density at radius 2 is 1.59 bits per heavy atom. The Morgan fingerprint density at radius 3 is 2.22 bits per heavy atom. The van der Waals surface area contributed by atoms with Crippen molar-refractivity contribution in [2.45, 2.75) is 25.0 Å². The molecule has 1 aliphatic rings. The number of anilines is 1. The summed E-state index contributed by atoms with van der Waals surface area (Å²) in [6.45, 7) is 2.27. The first-order valence-corrected chi connectivity index (χ1v) is 13.7. The van der Waals surface area contributed by atoms with E-state index in [2.05, 4.69) is 15.0 Å². The van der Waals surface area contributed by atoms with Crippen LogP contribution in [0, 0.1) is 5.82 Å². The highest BCUT2D eigenvalue weighted by molar-refractivity contribution is 8.15. The number of amides is 2. The number of nitrogens with one attached hydrogen (secondary N) is 1. The lowest BCUT2D eigenvalue weighted by Gasteiger charge is -2.16. The van der Waals surface area contributed by atoms with Crippen molar-refractivity contribution in [1.29, 1.82) is 0 Å². The van der Waals surface area contributed by atoms with Gasteiger partial charge in [-0.3, -0.25) is 14.5 Å². The normalized spacial score (nSPS) is 15.6. The highest BCUT2D eigenvalue weighted by atomic mass is 32.2. The number of thioether (sulfide) groups is 1. The van der Waals surface area contributed by atoms with Crippen LogP contribution in [0.5, 0.6) is 0 Å². The molecule has 0 aromatic heterocycles. The van der Waals surface area contributed by atoms with Crippen LogP contribution in [-0.2, 0) is 25.5 Å². The van der Waals surface area contributed by atoms with E-state index in [9.17, 15) is 23.6 Å². The van der Waals surface area contributed by atoms with Gasteiger partial charge < -0.3 is 14.8 Å². The largest absolute Gasteiger partial charge is 0.465 e. The van der Waals surface area contributed by atoms with E-state index in [1.54, 1.807) is 55.5 Å². The third-order valence-corrected chi connectivity index (χ3v) is 7.30. The van der Waals surface area contributed by atoms with E-state index < -0.39 is 17.2 Å². The number of rotatable bonds is 10. The number of hydrogen-bond donors (Lipinski definition) is 1. The molecule has 1 N–H and O–H groups in total. The summed E-state index contributed by atoms with van der Waals surface area (Å²) in [5.74, 6) is -1.92. The van der Waals surface area contributed by atoms with Gasteiger partial charge in [0.15, 0.2) is 5.17 Å². The van der Waals surface area contributed by atoms with Gasteiger partial charge >= 0.3 is 11.9 Å². The Kier molecular flexibility index (Phi) is 9.86. The lowest BCUT2D eigenvalue weighted by atomic mass is 10.1. The van der Waals surface area contributed by atoms with E-state index in [-0.39, 0.29) is 37.2 Å². The van der Waals surface area contributed by atoms with Crippen molar-refractivity contribution in [2.24, 2.45) is 4.99 Å². The van der Waals surface area contributed by atoms with Gasteiger partial charge in [-0.15, -0.1) is 0 Å². The summed E-state index contributed by atoms with van der Waals surface area (Å²) < 4.78 is 23.0. The molecular formula is C30H28FN3O6S. The monoisotopic (exact) mass is 577 g/mol. The summed E-state index contributed by atoms with van der Waals surface area (Å²) in [5.41, 5.74) is 2.57. The van der Waals surface area contributed by atoms with Crippen LogP contribution in [0.25, 0.3) is 0 Å². The molecule has 0 radical (unpaired) electrons. The Morgan fingerprint density at radius 1 is 0.951 bits per heavy atom. The summed E-state index contributed by atoms with van der Waals surface area (Å²) in [7, 11) is 1.29. The van der Waals surface area contributed by atoms with Crippen molar-refractivity contribution >= 4 is 52.1 Å². The minimum Gasteiger partial charge on any atom is -0.465 e. The summed E-state index contributed by atoms with van der Waals surface area (Å²) in [6, 6.07) is 18.8. The van der Waals surface area contributed by atoms with Crippen LogP contribution in [0.2, 0.25) is 0 Å². The molecule has 9 nitrogen and oxygen atoms in total. The Bertz CT molecular complexity index is 1440. The van der Waals surface area contributed by atoms with Crippen molar-refractivity contribution in [1.82, 2.24) is 4.90 Å². The molecule has 41 heavy (non-hydrogen) atoms. The van der Waals surface area contributed by atoms with E-state index >= 15 is 0 Å². The number of halogens is 1. The first-order valence-electron chi connectivity index (χ1n) is 12.8. The van der Waals surface area contributed by atoms with Gasteiger partial charge in [-0.05, 0) is 79.6 Å². The number of esters is 2. The second kappa shape index (κ2) is 13.7. The molecule has 1 atom stereocenters. The van der Waals surface area contributed by atoms with Crippen molar-refractivity contribution in [3.8, 4) is 0 Å². The van der Waals surface area contributed by atoms with Crippen LogP contribution in [0.3, 0.4) is 0 Å². The van der Waals surface area contributed by atoms with Crippen LogP contribution < -0.4 is 5.32 Å². The van der Waals surface area contributed by atoms with Crippen molar-refractivity contribution < 1.29 is 33.0 Å². The lowest BCUT2D eigenvalue weighted by Crippen LogP contribution is -2.35. The van der Waals surface area contributed by atoms with Gasteiger partial charge in [0.1, 0.15) is 11.1 Å². The number of methoxy groups -OCH3 is 1. The van der Waals surface area contributed by atoms with E-state index in [1.807, 2.05) is 0 Å². The number of nitrogens with zero attached hydrogens (tertiary/aromatic N) is 2. The predicted octanol–water partition coefficient (Wildman–Crippen LogP) is 4.99. The molecule has 0 aliphatic carbocycles. The quantitative estimate of drug-likeness (QED) is 0.338. The number of amidine groups is 1. The van der Waals surface area contributed by atoms with Gasteiger partial charge in [-0.1, -0.05) is 23.9 Å². The van der Waals surface area contributed by atoms with Crippen molar-refractivity contribution in [3.63, 3.8) is 0 Å². The molecule has 0 unspecified atom stereocenters. The molecular weight excluding hydrogens is 549 g/mol. The predicted molar refractivity (Wildman–Crippen MR) is 154 cm³/mol. The van der Waals surface area contributed by atoms with E-state index in [0.717, 1.165) is 5.56 Å². The number of benzene rings is 3. The van der Waals surface area contributed by atoms with Crippen molar-refractivity contribution in [2.75, 3.05) is 25.6 Å². The maximum atomic E-state index is 13.4. The molecule has 0 spiro atoms. The second-order valence-electron chi connectivity index (χ2n) is 8.96. The zero-order chi connectivity index (χ0) is 29.4. The second-order valence-corrected chi connectivity index (χ2v) is 10.1. The summed E-state index contributed by atoms with van der Waals surface area (Å²) in [6.07, 6.45) is 0.356. The van der Waals surface area contributed by atoms with Crippen LogP contribution in [0.15, 0.2) is 77.8 Å². The van der Waals surface area contributed by atoms with Gasteiger partial charge in [0.05, 0.1) is 30.5 Å². The van der Waals surface area contributed by atoms with Crippen LogP contribution in [0.1, 0.15) is 39.6 Å². The zero-order valence-electron chi connectivity index (χ0n) is 22.5. The van der Waals surface area contributed by atoms with Crippen molar-refractivity contribution in [3.05, 3.63) is 95.3 Å². The molecule has 1 heterocycles. The van der Waals surface area contributed by atoms with E-state index in [4.69, 9.17) is 4.74 Å². The minimum atomic E-state index is -0.713. The summed E-state index contributed by atoms with van der Waals surface area (Å²) in [5, 5.41) is 2.45. The van der Waals surface area contributed by atoms with E-state index in [1.165, 1.54) is 48.0 Å². The highest BCUT2D eigenvalue weighted by Crippen LogP contribution is 2.32. The first-order chi connectivity index (χ1) is 19.8. The molecule has 3 aromatic rings. The number of hydrogen-bond acceptors (Lipinski definition) is 8. The molecule has 1 fully saturated rings. The fraction of sp³-hybridized carbons (Fsp3) is 0.233. The number of carbonyl (C=O) groups excluding carboxylic acids is 4. The Labute approximate surface area is 240 Å². The van der Waals surface area contributed by atoms with Crippen LogP contribution >= 0.6 is 11.8 Å². The SMILES string of the molecule is CCOC(=O)c1ccc(N=C2S[C@H](CC(=O)Nc3ccc(C(=O)OC)cc3)C(=O)N2CCc2ccc(F)cc2)cc1. The van der Waals surface area contributed by atoms with Crippen LogP contribution in [-0.4, -0.2) is 59.3 Å². The molecule has 0 saturated carbocycles. The third kappa shape index (κ3) is 7.79. The summed E-state index contributed by atoms with van der Waals surface area (Å²) in [4.78, 5) is 56.0. The summed E-state index contributed by atoms with van der Waals surface area (Å²) >= 11 is 1.18.